The van der Waals surface area contributed by atoms with Crippen molar-refractivity contribution in [2.24, 2.45) is 5.73 Å². The van der Waals surface area contributed by atoms with Crippen LogP contribution in [0.2, 0.25) is 0 Å². The number of rotatable bonds is 9. The van der Waals surface area contributed by atoms with Gasteiger partial charge in [-0.1, -0.05) is 0 Å². The van der Waals surface area contributed by atoms with E-state index in [1.807, 2.05) is 13.8 Å². The fourth-order valence-corrected chi connectivity index (χ4v) is 1.16. The van der Waals surface area contributed by atoms with E-state index in [4.69, 9.17) is 15.2 Å². The van der Waals surface area contributed by atoms with Gasteiger partial charge in [0.25, 0.3) is 0 Å². The molecule has 1 amide bonds. The van der Waals surface area contributed by atoms with Crippen molar-refractivity contribution in [3.63, 3.8) is 0 Å². The Balaban J connectivity index is 0. The third-order valence-electron chi connectivity index (χ3n) is 2.10. The number of hydrogen-bond acceptors (Lipinski definition) is 4. The molecule has 1 unspecified atom stereocenters. The summed E-state index contributed by atoms with van der Waals surface area (Å²) >= 11 is 0. The van der Waals surface area contributed by atoms with Crippen LogP contribution in [0, 0.1) is 0 Å². The summed E-state index contributed by atoms with van der Waals surface area (Å²) in [7, 11) is 1.56. The average Bonchev–Trinajstić information content (AvgIpc) is 2.25. The van der Waals surface area contributed by atoms with Crippen molar-refractivity contribution in [3.8, 4) is 0 Å². The van der Waals surface area contributed by atoms with Crippen molar-refractivity contribution >= 4 is 18.3 Å². The van der Waals surface area contributed by atoms with Gasteiger partial charge in [0.05, 0.1) is 18.6 Å². The van der Waals surface area contributed by atoms with Gasteiger partial charge in [0.2, 0.25) is 5.91 Å². The van der Waals surface area contributed by atoms with Crippen molar-refractivity contribution < 1.29 is 14.3 Å². The fourth-order valence-electron chi connectivity index (χ4n) is 1.16. The Morgan fingerprint density at radius 1 is 1.41 bits per heavy atom. The van der Waals surface area contributed by atoms with Crippen LogP contribution in [0.15, 0.2) is 0 Å². The Bertz CT molecular complexity index is 188. The third-order valence-corrected chi connectivity index (χ3v) is 2.10. The number of amides is 1. The highest BCUT2D eigenvalue weighted by molar-refractivity contribution is 5.85. The maximum Gasteiger partial charge on any atom is 0.222 e. The molecular formula is C11H25ClN2O3. The highest BCUT2D eigenvalue weighted by Gasteiger charge is 2.10. The first-order valence-electron chi connectivity index (χ1n) is 5.71. The predicted molar refractivity (Wildman–Crippen MR) is 70.4 cm³/mol. The molecule has 0 saturated carbocycles. The topological polar surface area (TPSA) is 73.6 Å². The number of halogens is 1. The molecule has 0 heterocycles. The Hall–Kier alpha value is -0.360. The number of nitrogens with one attached hydrogen (secondary N) is 1. The van der Waals surface area contributed by atoms with Crippen LogP contribution in [-0.4, -0.2) is 44.9 Å². The molecule has 104 valence electrons. The van der Waals surface area contributed by atoms with Gasteiger partial charge in [0.1, 0.15) is 0 Å². The molecule has 0 aromatic heterocycles. The second-order valence-corrected chi connectivity index (χ2v) is 3.92. The molecule has 17 heavy (non-hydrogen) atoms. The first-order chi connectivity index (χ1) is 7.60. The normalized spacial score (nSPS) is 12.1. The molecule has 0 fully saturated rings. The number of hydrogen-bond donors (Lipinski definition) is 2. The van der Waals surface area contributed by atoms with E-state index in [2.05, 4.69) is 5.32 Å². The van der Waals surface area contributed by atoms with Crippen molar-refractivity contribution in [3.05, 3.63) is 0 Å². The molecule has 1 atom stereocenters. The van der Waals surface area contributed by atoms with E-state index < -0.39 is 0 Å². The van der Waals surface area contributed by atoms with Gasteiger partial charge < -0.3 is 20.5 Å². The molecule has 3 N–H and O–H groups in total. The lowest BCUT2D eigenvalue weighted by Gasteiger charge is -2.12. The van der Waals surface area contributed by atoms with Gasteiger partial charge in [-0.15, -0.1) is 12.4 Å². The summed E-state index contributed by atoms with van der Waals surface area (Å²) in [5, 5.41) is 2.80. The minimum atomic E-state index is -0.188. The Kier molecular flexibility index (Phi) is 13.5. The number of carbonyl (C=O) groups excluding carboxylic acids is 1. The minimum absolute atomic E-state index is 0. The van der Waals surface area contributed by atoms with Gasteiger partial charge in [-0.25, -0.2) is 0 Å². The van der Waals surface area contributed by atoms with Crippen LogP contribution in [0.1, 0.15) is 26.7 Å². The van der Waals surface area contributed by atoms with Crippen molar-refractivity contribution in [2.45, 2.75) is 38.9 Å². The Labute approximate surface area is 110 Å². The second-order valence-electron chi connectivity index (χ2n) is 3.92. The first kappa shape index (κ1) is 19.0. The molecule has 0 bridgehead atoms. The third kappa shape index (κ3) is 11.9. The average molecular weight is 269 g/mol. The summed E-state index contributed by atoms with van der Waals surface area (Å²) in [6, 6.07) is 0. The lowest BCUT2D eigenvalue weighted by Crippen LogP contribution is -2.33. The van der Waals surface area contributed by atoms with Crippen molar-refractivity contribution in [1.82, 2.24) is 5.32 Å². The van der Waals surface area contributed by atoms with Crippen LogP contribution in [-0.2, 0) is 14.3 Å². The van der Waals surface area contributed by atoms with Crippen LogP contribution >= 0.6 is 12.4 Å². The van der Waals surface area contributed by atoms with E-state index in [0.717, 1.165) is 6.42 Å². The zero-order valence-electron chi connectivity index (χ0n) is 10.9. The maximum atomic E-state index is 11.4. The van der Waals surface area contributed by atoms with Gasteiger partial charge in [0.15, 0.2) is 0 Å². The first-order valence-corrected chi connectivity index (χ1v) is 5.71. The van der Waals surface area contributed by atoms with E-state index in [1.54, 1.807) is 7.11 Å². The van der Waals surface area contributed by atoms with Gasteiger partial charge in [-0.05, 0) is 20.3 Å². The van der Waals surface area contributed by atoms with E-state index in [9.17, 15) is 4.79 Å². The fraction of sp³-hybridized carbons (Fsp3) is 0.909. The highest BCUT2D eigenvalue weighted by Crippen LogP contribution is 1.94. The van der Waals surface area contributed by atoms with Gasteiger partial charge in [-0.3, -0.25) is 4.79 Å². The van der Waals surface area contributed by atoms with Crippen LogP contribution in [0.25, 0.3) is 0 Å². The lowest BCUT2D eigenvalue weighted by molar-refractivity contribution is -0.123. The maximum absolute atomic E-state index is 11.4. The molecular weight excluding hydrogens is 244 g/mol. The van der Waals surface area contributed by atoms with Crippen molar-refractivity contribution in [2.75, 3.05) is 26.8 Å². The highest BCUT2D eigenvalue weighted by atomic mass is 35.5. The quantitative estimate of drug-likeness (QED) is 0.604. The lowest BCUT2D eigenvalue weighted by atomic mass is 10.2. The molecule has 6 heteroatoms. The van der Waals surface area contributed by atoms with E-state index in [1.165, 1.54) is 0 Å². The Morgan fingerprint density at radius 2 is 2.06 bits per heavy atom. The van der Waals surface area contributed by atoms with Crippen molar-refractivity contribution in [1.29, 1.82) is 0 Å². The standard InChI is InChI=1S/C11H24N2O3.ClH/c1-9(2)16-6-4-5-13-11(14)7-10(8-12)15-3;/h9-10H,4-8,12H2,1-3H3,(H,13,14);1H. The molecule has 0 aromatic rings. The molecule has 0 aliphatic carbocycles. The van der Waals surface area contributed by atoms with Gasteiger partial charge in [-0.2, -0.15) is 0 Å². The molecule has 0 saturated heterocycles. The summed E-state index contributed by atoms with van der Waals surface area (Å²) in [4.78, 5) is 11.4. The SMILES string of the molecule is COC(CN)CC(=O)NCCCOC(C)C.Cl. The predicted octanol–water partition coefficient (Wildman–Crippen LogP) is 0.703. The number of carbonyl (C=O) groups is 1. The largest absolute Gasteiger partial charge is 0.380 e. The Morgan fingerprint density at radius 3 is 2.53 bits per heavy atom. The summed E-state index contributed by atoms with van der Waals surface area (Å²) in [6.07, 6.45) is 1.19. The van der Waals surface area contributed by atoms with E-state index in [0.29, 0.717) is 26.1 Å². The molecule has 0 aromatic carbocycles. The number of ether oxygens (including phenoxy) is 2. The smallest absolute Gasteiger partial charge is 0.222 e. The summed E-state index contributed by atoms with van der Waals surface area (Å²) in [6.45, 7) is 5.64. The van der Waals surface area contributed by atoms with Crippen LogP contribution < -0.4 is 11.1 Å². The zero-order chi connectivity index (χ0) is 12.4. The molecule has 0 spiro atoms. The second kappa shape index (κ2) is 12.1. The molecule has 0 radical (unpaired) electrons. The van der Waals surface area contributed by atoms with Crippen LogP contribution in [0.3, 0.4) is 0 Å². The summed E-state index contributed by atoms with van der Waals surface area (Å²) < 4.78 is 10.4. The number of nitrogens with two attached hydrogens (primary N) is 1. The monoisotopic (exact) mass is 268 g/mol. The van der Waals surface area contributed by atoms with Crippen LogP contribution in [0.4, 0.5) is 0 Å². The summed E-state index contributed by atoms with van der Waals surface area (Å²) in [5.41, 5.74) is 5.42. The van der Waals surface area contributed by atoms with E-state index in [-0.39, 0.29) is 30.5 Å². The van der Waals surface area contributed by atoms with Crippen LogP contribution in [0.5, 0.6) is 0 Å². The number of methoxy groups -OCH3 is 1. The summed E-state index contributed by atoms with van der Waals surface area (Å²) in [5.74, 6) is -0.0261. The van der Waals surface area contributed by atoms with Gasteiger partial charge in [0, 0.05) is 26.8 Å². The van der Waals surface area contributed by atoms with Gasteiger partial charge >= 0.3 is 0 Å². The molecule has 0 aliphatic rings. The molecule has 5 nitrogen and oxygen atoms in total. The minimum Gasteiger partial charge on any atom is -0.380 e. The molecule has 0 rings (SSSR count). The van der Waals surface area contributed by atoms with E-state index >= 15 is 0 Å². The zero-order valence-corrected chi connectivity index (χ0v) is 11.7. The molecule has 0 aliphatic heterocycles.